The summed E-state index contributed by atoms with van der Waals surface area (Å²) in [6.07, 6.45) is 0.912. The maximum absolute atomic E-state index is 13.4. The summed E-state index contributed by atoms with van der Waals surface area (Å²) in [4.78, 5) is 27.9. The Bertz CT molecular complexity index is 984. The van der Waals surface area contributed by atoms with Crippen molar-refractivity contribution in [3.8, 4) is 0 Å². The Morgan fingerprint density at radius 3 is 2.21 bits per heavy atom. The fourth-order valence-electron chi connectivity index (χ4n) is 4.65. The molecule has 3 aliphatic heterocycles. The van der Waals surface area contributed by atoms with Gasteiger partial charge in [-0.05, 0) is 42.3 Å². The van der Waals surface area contributed by atoms with E-state index in [9.17, 15) is 14.0 Å². The zero-order valence-corrected chi connectivity index (χ0v) is 16.2. The van der Waals surface area contributed by atoms with Crippen LogP contribution >= 0.6 is 23.2 Å². The van der Waals surface area contributed by atoms with Crippen molar-refractivity contribution in [2.45, 2.75) is 18.5 Å². The largest absolute Gasteiger partial charge is 0.274 e. The highest BCUT2D eigenvalue weighted by Gasteiger charge is 2.62. The number of nitrogens with zero attached hydrogens (tertiary/aromatic N) is 3. The standard InChI is InChI=1S/C20H16Cl2FN3O2/c21-14-7-6-13(10-15(14)22)26-19(27)16-17(11-2-4-12(23)5-3-11)24-8-1-9-25(24)18(16)20(26)28/h2-7,10,16-18H,1,8-9H2/t16-,17-,18-/m1/s1. The van der Waals surface area contributed by atoms with Crippen molar-refractivity contribution >= 4 is 40.7 Å². The first kappa shape index (κ1) is 18.1. The summed E-state index contributed by atoms with van der Waals surface area (Å²) in [6.45, 7) is 1.48. The second-order valence-corrected chi connectivity index (χ2v) is 8.07. The monoisotopic (exact) mass is 419 g/mol. The zero-order valence-electron chi connectivity index (χ0n) is 14.7. The number of fused-ring (bicyclic) bond motifs is 3. The summed E-state index contributed by atoms with van der Waals surface area (Å²) < 4.78 is 13.4. The Hall–Kier alpha value is -1.99. The van der Waals surface area contributed by atoms with E-state index in [1.807, 2.05) is 5.01 Å². The Labute approximate surface area is 171 Å². The lowest BCUT2D eigenvalue weighted by atomic mass is 9.90. The molecule has 2 aromatic rings. The van der Waals surface area contributed by atoms with E-state index in [1.165, 1.54) is 23.1 Å². The fourth-order valence-corrected chi connectivity index (χ4v) is 4.94. The molecule has 5 rings (SSSR count). The van der Waals surface area contributed by atoms with Gasteiger partial charge in [0.2, 0.25) is 5.91 Å². The minimum absolute atomic E-state index is 0.259. The third-order valence-corrected chi connectivity index (χ3v) is 6.52. The summed E-state index contributed by atoms with van der Waals surface area (Å²) in [5.74, 6) is -1.41. The number of hydrogen-bond acceptors (Lipinski definition) is 4. The number of hydrazine groups is 1. The first-order valence-electron chi connectivity index (χ1n) is 9.09. The molecule has 28 heavy (non-hydrogen) atoms. The molecule has 0 aromatic heterocycles. The molecule has 0 spiro atoms. The molecule has 0 radical (unpaired) electrons. The van der Waals surface area contributed by atoms with Crippen molar-refractivity contribution in [1.29, 1.82) is 0 Å². The average Bonchev–Trinajstić information content (AvgIpc) is 3.31. The highest BCUT2D eigenvalue weighted by Crippen LogP contribution is 2.49. The summed E-state index contributed by atoms with van der Waals surface area (Å²) >= 11 is 12.1. The molecule has 3 aliphatic rings. The van der Waals surface area contributed by atoms with Gasteiger partial charge < -0.3 is 0 Å². The zero-order chi connectivity index (χ0) is 19.6. The molecular formula is C20H16Cl2FN3O2. The number of rotatable bonds is 2. The molecule has 3 atom stereocenters. The van der Waals surface area contributed by atoms with E-state index < -0.39 is 12.0 Å². The van der Waals surface area contributed by atoms with Gasteiger partial charge >= 0.3 is 0 Å². The highest BCUT2D eigenvalue weighted by atomic mass is 35.5. The van der Waals surface area contributed by atoms with Gasteiger partial charge in [-0.15, -0.1) is 0 Å². The van der Waals surface area contributed by atoms with E-state index >= 15 is 0 Å². The number of amides is 2. The molecule has 0 unspecified atom stereocenters. The summed E-state index contributed by atoms with van der Waals surface area (Å²) in [7, 11) is 0. The SMILES string of the molecule is O=C1[C@@H]2[C@@H](c3ccc(F)cc3)N3CCCN3[C@H]2C(=O)N1c1ccc(Cl)c(Cl)c1. The van der Waals surface area contributed by atoms with Crippen LogP contribution in [-0.2, 0) is 9.59 Å². The Balaban J connectivity index is 1.58. The van der Waals surface area contributed by atoms with Crippen LogP contribution in [0.5, 0.6) is 0 Å². The summed E-state index contributed by atoms with van der Waals surface area (Å²) in [6, 6.07) is 10.1. The smallest absolute Gasteiger partial charge is 0.253 e. The van der Waals surface area contributed by atoms with E-state index in [0.717, 1.165) is 18.5 Å². The average molecular weight is 420 g/mol. The van der Waals surface area contributed by atoms with Crippen molar-refractivity contribution in [3.05, 3.63) is 63.9 Å². The van der Waals surface area contributed by atoms with Crippen LogP contribution in [0.15, 0.2) is 42.5 Å². The minimum atomic E-state index is -0.556. The molecule has 0 saturated carbocycles. The third kappa shape index (κ3) is 2.52. The van der Waals surface area contributed by atoms with Crippen molar-refractivity contribution in [2.75, 3.05) is 18.0 Å². The number of imide groups is 1. The lowest BCUT2D eigenvalue weighted by Crippen LogP contribution is -2.44. The van der Waals surface area contributed by atoms with Crippen LogP contribution in [0.1, 0.15) is 18.0 Å². The quantitative estimate of drug-likeness (QED) is 0.696. The predicted molar refractivity (Wildman–Crippen MR) is 103 cm³/mol. The van der Waals surface area contributed by atoms with Gasteiger partial charge in [-0.25, -0.2) is 19.3 Å². The molecule has 144 valence electrons. The molecule has 5 nitrogen and oxygen atoms in total. The van der Waals surface area contributed by atoms with Crippen LogP contribution in [0.2, 0.25) is 10.0 Å². The van der Waals surface area contributed by atoms with Gasteiger partial charge in [-0.3, -0.25) is 9.59 Å². The molecule has 0 bridgehead atoms. The fraction of sp³-hybridized carbons (Fsp3) is 0.300. The highest BCUT2D eigenvalue weighted by molar-refractivity contribution is 6.42. The topological polar surface area (TPSA) is 43.9 Å². The second kappa shape index (κ2) is 6.52. The number of carbonyl (C=O) groups is 2. The van der Waals surface area contributed by atoms with Crippen LogP contribution in [0.25, 0.3) is 0 Å². The summed E-state index contributed by atoms with van der Waals surface area (Å²) in [5.41, 5.74) is 1.25. The molecule has 2 amide bonds. The van der Waals surface area contributed by atoms with Gasteiger partial charge in [0, 0.05) is 13.1 Å². The summed E-state index contributed by atoms with van der Waals surface area (Å²) in [5, 5.41) is 4.73. The van der Waals surface area contributed by atoms with E-state index in [1.54, 1.807) is 24.3 Å². The van der Waals surface area contributed by atoms with Crippen LogP contribution in [0.4, 0.5) is 10.1 Å². The molecule has 3 saturated heterocycles. The van der Waals surface area contributed by atoms with Crippen LogP contribution < -0.4 is 4.90 Å². The Morgan fingerprint density at radius 2 is 1.54 bits per heavy atom. The van der Waals surface area contributed by atoms with E-state index in [4.69, 9.17) is 23.2 Å². The third-order valence-electron chi connectivity index (χ3n) is 5.78. The second-order valence-electron chi connectivity index (χ2n) is 7.26. The minimum Gasteiger partial charge on any atom is -0.274 e. The Kier molecular flexibility index (Phi) is 4.21. The Morgan fingerprint density at radius 1 is 0.857 bits per heavy atom. The number of halogens is 3. The molecule has 3 fully saturated rings. The van der Waals surface area contributed by atoms with Gasteiger partial charge in [0.15, 0.2) is 0 Å². The van der Waals surface area contributed by atoms with Crippen molar-refractivity contribution < 1.29 is 14.0 Å². The van der Waals surface area contributed by atoms with Crippen molar-refractivity contribution in [1.82, 2.24) is 10.0 Å². The van der Waals surface area contributed by atoms with E-state index in [2.05, 4.69) is 5.01 Å². The van der Waals surface area contributed by atoms with E-state index in [0.29, 0.717) is 17.3 Å². The first-order valence-corrected chi connectivity index (χ1v) is 9.84. The van der Waals surface area contributed by atoms with Crippen molar-refractivity contribution in [2.24, 2.45) is 5.92 Å². The van der Waals surface area contributed by atoms with Gasteiger partial charge in [0.05, 0.1) is 27.7 Å². The van der Waals surface area contributed by atoms with Gasteiger partial charge in [0.1, 0.15) is 11.9 Å². The lowest BCUT2D eigenvalue weighted by molar-refractivity contribution is -0.126. The maximum Gasteiger partial charge on any atom is 0.253 e. The normalized spacial score (nSPS) is 27.5. The molecule has 0 N–H and O–H groups in total. The van der Waals surface area contributed by atoms with Gasteiger partial charge in [-0.2, -0.15) is 0 Å². The van der Waals surface area contributed by atoms with E-state index in [-0.39, 0.29) is 28.7 Å². The van der Waals surface area contributed by atoms with Gasteiger partial charge in [0.25, 0.3) is 5.91 Å². The number of anilines is 1. The molecule has 3 heterocycles. The number of benzene rings is 2. The first-order chi connectivity index (χ1) is 13.5. The molecular weight excluding hydrogens is 404 g/mol. The maximum atomic E-state index is 13.4. The molecule has 8 heteroatoms. The molecule has 2 aromatic carbocycles. The predicted octanol–water partition coefficient (Wildman–Crippen LogP) is 3.67. The van der Waals surface area contributed by atoms with Crippen LogP contribution in [0, 0.1) is 11.7 Å². The number of carbonyl (C=O) groups excluding carboxylic acids is 2. The van der Waals surface area contributed by atoms with Crippen LogP contribution in [-0.4, -0.2) is 41.0 Å². The van der Waals surface area contributed by atoms with Crippen molar-refractivity contribution in [3.63, 3.8) is 0 Å². The molecule has 0 aliphatic carbocycles. The van der Waals surface area contributed by atoms with Gasteiger partial charge in [-0.1, -0.05) is 35.3 Å². The lowest BCUT2D eigenvalue weighted by Gasteiger charge is -2.29. The van der Waals surface area contributed by atoms with Crippen LogP contribution in [0.3, 0.4) is 0 Å². The number of hydrogen-bond donors (Lipinski definition) is 0.